The van der Waals surface area contributed by atoms with Crippen molar-refractivity contribution in [3.63, 3.8) is 0 Å². The lowest BCUT2D eigenvalue weighted by Crippen LogP contribution is -2.38. The standard InChI is InChI=1S/C10H17NO3/c1-8(2)14-10(13)7-11-5-3-9(12)4-6-11/h8H,3-7H2,1-2H3. The molecule has 0 bridgehead atoms. The van der Waals surface area contributed by atoms with Gasteiger partial charge in [0.05, 0.1) is 12.6 Å². The molecule has 0 N–H and O–H groups in total. The van der Waals surface area contributed by atoms with Crippen LogP contribution in [0.25, 0.3) is 0 Å². The summed E-state index contributed by atoms with van der Waals surface area (Å²) < 4.78 is 5.01. The fourth-order valence-corrected chi connectivity index (χ4v) is 1.44. The fraction of sp³-hybridized carbons (Fsp3) is 0.800. The van der Waals surface area contributed by atoms with Crippen LogP contribution in [0.1, 0.15) is 26.7 Å². The zero-order chi connectivity index (χ0) is 10.6. The minimum atomic E-state index is -0.200. The maximum absolute atomic E-state index is 11.3. The molecule has 0 atom stereocenters. The van der Waals surface area contributed by atoms with E-state index in [9.17, 15) is 9.59 Å². The van der Waals surface area contributed by atoms with Gasteiger partial charge in [0.1, 0.15) is 5.78 Å². The number of nitrogens with zero attached hydrogens (tertiary/aromatic N) is 1. The van der Waals surface area contributed by atoms with Crippen LogP contribution in [0.3, 0.4) is 0 Å². The number of Topliss-reactive ketones (excluding diaryl/α,β-unsaturated/α-hetero) is 1. The topological polar surface area (TPSA) is 46.6 Å². The summed E-state index contributed by atoms with van der Waals surface area (Å²) in [5, 5.41) is 0. The first-order valence-electron chi connectivity index (χ1n) is 5.01. The van der Waals surface area contributed by atoms with Crippen molar-refractivity contribution in [1.82, 2.24) is 4.90 Å². The van der Waals surface area contributed by atoms with Gasteiger partial charge in [0.2, 0.25) is 0 Å². The van der Waals surface area contributed by atoms with Crippen molar-refractivity contribution in [3.8, 4) is 0 Å². The van der Waals surface area contributed by atoms with Crippen molar-refractivity contribution in [1.29, 1.82) is 0 Å². The molecule has 1 fully saturated rings. The Hall–Kier alpha value is -0.900. The molecule has 0 saturated carbocycles. The normalized spacial score (nSPS) is 18.6. The summed E-state index contributed by atoms with van der Waals surface area (Å²) in [6, 6.07) is 0. The van der Waals surface area contributed by atoms with Crippen LogP contribution in [0.15, 0.2) is 0 Å². The summed E-state index contributed by atoms with van der Waals surface area (Å²) in [6.07, 6.45) is 1.07. The number of hydrogen-bond donors (Lipinski definition) is 0. The van der Waals surface area contributed by atoms with Gasteiger partial charge in [0.25, 0.3) is 0 Å². The van der Waals surface area contributed by atoms with Crippen LogP contribution in [0, 0.1) is 0 Å². The Morgan fingerprint density at radius 3 is 2.50 bits per heavy atom. The van der Waals surface area contributed by atoms with E-state index in [0.717, 1.165) is 0 Å². The van der Waals surface area contributed by atoms with Crippen molar-refractivity contribution in [3.05, 3.63) is 0 Å². The number of hydrogen-bond acceptors (Lipinski definition) is 4. The van der Waals surface area contributed by atoms with Gasteiger partial charge in [0.15, 0.2) is 0 Å². The molecular formula is C10H17NO3. The molecule has 0 aromatic heterocycles. The predicted octanol–water partition coefficient (Wildman–Crippen LogP) is 0.603. The lowest BCUT2D eigenvalue weighted by atomic mass is 10.1. The number of likely N-dealkylation sites (tertiary alicyclic amines) is 1. The van der Waals surface area contributed by atoms with E-state index in [1.165, 1.54) is 0 Å². The molecule has 4 nitrogen and oxygen atoms in total. The SMILES string of the molecule is CC(C)OC(=O)CN1CCC(=O)CC1. The highest BCUT2D eigenvalue weighted by Crippen LogP contribution is 2.05. The van der Waals surface area contributed by atoms with Gasteiger partial charge in [-0.15, -0.1) is 0 Å². The fourth-order valence-electron chi connectivity index (χ4n) is 1.44. The molecule has 0 amide bonds. The number of carbonyl (C=O) groups excluding carboxylic acids is 2. The molecule has 1 aliphatic heterocycles. The van der Waals surface area contributed by atoms with Crippen LogP contribution in [0.2, 0.25) is 0 Å². The molecule has 1 saturated heterocycles. The van der Waals surface area contributed by atoms with Gasteiger partial charge in [-0.05, 0) is 13.8 Å². The molecule has 1 rings (SSSR count). The van der Waals surface area contributed by atoms with E-state index in [-0.39, 0.29) is 12.1 Å². The Morgan fingerprint density at radius 1 is 1.43 bits per heavy atom. The molecule has 0 aromatic carbocycles. The minimum absolute atomic E-state index is 0.0612. The molecule has 0 aliphatic carbocycles. The van der Waals surface area contributed by atoms with Gasteiger partial charge in [-0.1, -0.05) is 0 Å². The zero-order valence-electron chi connectivity index (χ0n) is 8.78. The van der Waals surface area contributed by atoms with Gasteiger partial charge >= 0.3 is 5.97 Å². The van der Waals surface area contributed by atoms with Gasteiger partial charge < -0.3 is 4.74 Å². The average molecular weight is 199 g/mol. The lowest BCUT2D eigenvalue weighted by Gasteiger charge is -2.24. The molecule has 14 heavy (non-hydrogen) atoms. The largest absolute Gasteiger partial charge is 0.462 e. The predicted molar refractivity (Wildman–Crippen MR) is 51.9 cm³/mol. The first-order valence-corrected chi connectivity index (χ1v) is 5.01. The Morgan fingerprint density at radius 2 is 2.00 bits per heavy atom. The van der Waals surface area contributed by atoms with E-state index >= 15 is 0 Å². The van der Waals surface area contributed by atoms with Crippen molar-refractivity contribution in [2.24, 2.45) is 0 Å². The van der Waals surface area contributed by atoms with Crippen molar-refractivity contribution in [2.75, 3.05) is 19.6 Å². The Labute approximate surface area is 84.2 Å². The van der Waals surface area contributed by atoms with Gasteiger partial charge in [-0.25, -0.2) is 0 Å². The van der Waals surface area contributed by atoms with E-state index < -0.39 is 0 Å². The highest BCUT2D eigenvalue weighted by molar-refractivity contribution is 5.80. The summed E-state index contributed by atoms with van der Waals surface area (Å²) in [7, 11) is 0. The van der Waals surface area contributed by atoms with Crippen molar-refractivity contribution >= 4 is 11.8 Å². The first-order chi connectivity index (χ1) is 6.58. The van der Waals surface area contributed by atoms with Crippen LogP contribution >= 0.6 is 0 Å². The maximum atomic E-state index is 11.3. The van der Waals surface area contributed by atoms with Gasteiger partial charge in [0, 0.05) is 25.9 Å². The van der Waals surface area contributed by atoms with Crippen LogP contribution in [0.5, 0.6) is 0 Å². The third-order valence-corrected chi connectivity index (χ3v) is 2.13. The van der Waals surface area contributed by atoms with Crippen LogP contribution in [-0.4, -0.2) is 42.4 Å². The van der Waals surface area contributed by atoms with Gasteiger partial charge in [-0.2, -0.15) is 0 Å². The van der Waals surface area contributed by atoms with Gasteiger partial charge in [-0.3, -0.25) is 14.5 Å². The third kappa shape index (κ3) is 3.87. The molecule has 0 unspecified atom stereocenters. The second-order valence-electron chi connectivity index (χ2n) is 3.85. The number of ether oxygens (including phenoxy) is 1. The Balaban J connectivity index is 2.24. The third-order valence-electron chi connectivity index (χ3n) is 2.13. The smallest absolute Gasteiger partial charge is 0.320 e. The molecule has 1 heterocycles. The summed E-state index contributed by atoms with van der Waals surface area (Å²) in [4.78, 5) is 24.1. The first kappa shape index (κ1) is 11.2. The molecule has 0 aromatic rings. The quantitative estimate of drug-likeness (QED) is 0.624. The second-order valence-corrected chi connectivity index (χ2v) is 3.85. The molecular weight excluding hydrogens is 182 g/mol. The lowest BCUT2D eigenvalue weighted by molar-refractivity contribution is -0.149. The Kier molecular flexibility index (Phi) is 4.07. The number of ketones is 1. The number of rotatable bonds is 3. The number of piperidine rings is 1. The summed E-state index contributed by atoms with van der Waals surface area (Å²) in [6.45, 7) is 5.35. The molecule has 0 radical (unpaired) electrons. The van der Waals surface area contributed by atoms with E-state index in [4.69, 9.17) is 4.74 Å². The van der Waals surface area contributed by atoms with E-state index in [1.54, 1.807) is 0 Å². The van der Waals surface area contributed by atoms with E-state index in [1.807, 2.05) is 18.7 Å². The molecule has 4 heteroatoms. The molecule has 80 valence electrons. The highest BCUT2D eigenvalue weighted by Gasteiger charge is 2.19. The summed E-state index contributed by atoms with van der Waals surface area (Å²) in [5.41, 5.74) is 0. The summed E-state index contributed by atoms with van der Waals surface area (Å²) >= 11 is 0. The highest BCUT2D eigenvalue weighted by atomic mass is 16.5. The van der Waals surface area contributed by atoms with E-state index in [0.29, 0.717) is 38.3 Å². The zero-order valence-corrected chi connectivity index (χ0v) is 8.78. The number of carbonyl (C=O) groups is 2. The van der Waals surface area contributed by atoms with Crippen LogP contribution in [-0.2, 0) is 14.3 Å². The maximum Gasteiger partial charge on any atom is 0.320 e. The molecule has 1 aliphatic rings. The minimum Gasteiger partial charge on any atom is -0.462 e. The number of esters is 1. The summed E-state index contributed by atoms with van der Waals surface area (Å²) in [5.74, 6) is 0.0906. The Bertz CT molecular complexity index is 215. The monoisotopic (exact) mass is 199 g/mol. The van der Waals surface area contributed by atoms with Crippen molar-refractivity contribution < 1.29 is 14.3 Å². The van der Waals surface area contributed by atoms with Crippen molar-refractivity contribution in [2.45, 2.75) is 32.8 Å². The van der Waals surface area contributed by atoms with Crippen LogP contribution in [0.4, 0.5) is 0 Å². The second kappa shape index (κ2) is 5.10. The van der Waals surface area contributed by atoms with Crippen LogP contribution < -0.4 is 0 Å². The van der Waals surface area contributed by atoms with E-state index in [2.05, 4.69) is 0 Å². The average Bonchev–Trinajstić information content (AvgIpc) is 2.07. The molecule has 0 spiro atoms.